The lowest BCUT2D eigenvalue weighted by atomic mass is 10.2. The summed E-state index contributed by atoms with van der Waals surface area (Å²) in [4.78, 5) is 9.37. The van der Waals surface area contributed by atoms with Gasteiger partial charge in [-0.05, 0) is 12.3 Å². The minimum atomic E-state index is 0.749. The maximum Gasteiger partial charge on any atom is 0.240 e. The van der Waals surface area contributed by atoms with Crippen molar-refractivity contribution in [2.45, 2.75) is 40.2 Å². The van der Waals surface area contributed by atoms with Gasteiger partial charge in [-0.1, -0.05) is 25.9 Å². The topological polar surface area (TPSA) is 45.4 Å². The summed E-state index contributed by atoms with van der Waals surface area (Å²) in [6.45, 7) is 13.2. The second kappa shape index (κ2) is 7.01. The molecular weight excluding hydrogens is 240 g/mol. The molecule has 2 rings (SSSR count). The van der Waals surface area contributed by atoms with E-state index in [1.54, 1.807) is 0 Å². The Hall–Kier alpha value is -0.940. The number of nitrogens with zero attached hydrogens (tertiary/aromatic N) is 4. The van der Waals surface area contributed by atoms with E-state index in [1.165, 1.54) is 6.54 Å². The summed E-state index contributed by atoms with van der Waals surface area (Å²) in [6, 6.07) is 0. The zero-order valence-corrected chi connectivity index (χ0v) is 12.4. The molecule has 0 N–H and O–H groups in total. The normalized spacial score (nSPS) is 18.3. The van der Waals surface area contributed by atoms with Gasteiger partial charge in [0.1, 0.15) is 0 Å². The quantitative estimate of drug-likeness (QED) is 0.785. The van der Waals surface area contributed by atoms with Crippen molar-refractivity contribution in [2.75, 3.05) is 32.7 Å². The number of aryl methyl sites for hydroxylation is 1. The lowest BCUT2D eigenvalue weighted by Crippen LogP contribution is -2.46. The third kappa shape index (κ3) is 4.58. The highest BCUT2D eigenvalue weighted by atomic mass is 16.5. The van der Waals surface area contributed by atoms with Crippen molar-refractivity contribution in [3.63, 3.8) is 0 Å². The Labute approximate surface area is 116 Å². The van der Waals surface area contributed by atoms with E-state index < -0.39 is 0 Å². The number of hydrogen-bond donors (Lipinski definition) is 0. The fourth-order valence-electron chi connectivity index (χ4n) is 2.52. The van der Waals surface area contributed by atoms with Gasteiger partial charge in [-0.2, -0.15) is 4.98 Å². The highest BCUT2D eigenvalue weighted by Crippen LogP contribution is 2.09. The van der Waals surface area contributed by atoms with Crippen molar-refractivity contribution in [3.05, 3.63) is 11.7 Å². The number of hydrogen-bond acceptors (Lipinski definition) is 5. The van der Waals surface area contributed by atoms with Crippen molar-refractivity contribution in [1.82, 2.24) is 19.9 Å². The summed E-state index contributed by atoms with van der Waals surface area (Å²) in [5, 5.41) is 4.00. The van der Waals surface area contributed by atoms with E-state index in [1.807, 2.05) is 0 Å². The van der Waals surface area contributed by atoms with Crippen LogP contribution in [0.15, 0.2) is 4.52 Å². The van der Waals surface area contributed by atoms with Gasteiger partial charge >= 0.3 is 0 Å². The lowest BCUT2D eigenvalue weighted by molar-refractivity contribution is 0.108. The van der Waals surface area contributed by atoms with Crippen LogP contribution in [0.2, 0.25) is 0 Å². The highest BCUT2D eigenvalue weighted by Gasteiger charge is 2.19. The third-order valence-electron chi connectivity index (χ3n) is 3.43. The Kier molecular flexibility index (Phi) is 5.34. The minimum Gasteiger partial charge on any atom is -0.338 e. The molecule has 1 fully saturated rings. The van der Waals surface area contributed by atoms with E-state index in [0.717, 1.165) is 63.2 Å². The van der Waals surface area contributed by atoms with Crippen LogP contribution in [0.25, 0.3) is 0 Å². The highest BCUT2D eigenvalue weighted by molar-refractivity contribution is 4.87. The molecule has 108 valence electrons. The first-order valence-electron chi connectivity index (χ1n) is 7.43. The van der Waals surface area contributed by atoms with Gasteiger partial charge in [0.15, 0.2) is 5.82 Å². The van der Waals surface area contributed by atoms with E-state index >= 15 is 0 Å². The molecule has 1 aliphatic heterocycles. The van der Waals surface area contributed by atoms with Gasteiger partial charge in [0.05, 0.1) is 6.54 Å². The predicted molar refractivity (Wildman–Crippen MR) is 74.8 cm³/mol. The molecule has 0 amide bonds. The molecule has 1 saturated heterocycles. The van der Waals surface area contributed by atoms with E-state index in [2.05, 4.69) is 40.7 Å². The first-order chi connectivity index (χ1) is 9.17. The summed E-state index contributed by atoms with van der Waals surface area (Å²) in [7, 11) is 0. The van der Waals surface area contributed by atoms with E-state index in [4.69, 9.17) is 4.52 Å². The Bertz CT molecular complexity index is 369. The summed E-state index contributed by atoms with van der Waals surface area (Å²) in [5.41, 5.74) is 0. The van der Waals surface area contributed by atoms with Crippen molar-refractivity contribution in [1.29, 1.82) is 0 Å². The van der Waals surface area contributed by atoms with E-state index in [0.29, 0.717) is 0 Å². The van der Waals surface area contributed by atoms with Crippen LogP contribution in [0.4, 0.5) is 0 Å². The van der Waals surface area contributed by atoms with Crippen LogP contribution in [-0.4, -0.2) is 52.7 Å². The minimum absolute atomic E-state index is 0.749. The van der Waals surface area contributed by atoms with Crippen LogP contribution in [0.5, 0.6) is 0 Å². The van der Waals surface area contributed by atoms with Crippen LogP contribution in [-0.2, 0) is 13.0 Å². The van der Waals surface area contributed by atoms with Gasteiger partial charge in [-0.15, -0.1) is 0 Å². The van der Waals surface area contributed by atoms with Gasteiger partial charge in [0.25, 0.3) is 0 Å². The Morgan fingerprint density at radius 2 is 1.84 bits per heavy atom. The van der Waals surface area contributed by atoms with Crippen LogP contribution >= 0.6 is 0 Å². The molecule has 0 aliphatic carbocycles. The Balaban J connectivity index is 1.75. The molecule has 2 heterocycles. The summed E-state index contributed by atoms with van der Waals surface area (Å²) in [6.07, 6.45) is 1.97. The van der Waals surface area contributed by atoms with Gasteiger partial charge in [-0.3, -0.25) is 4.90 Å². The second-order valence-electron chi connectivity index (χ2n) is 5.82. The van der Waals surface area contributed by atoms with Gasteiger partial charge in [-0.25, -0.2) is 0 Å². The molecule has 0 radical (unpaired) electrons. The van der Waals surface area contributed by atoms with Crippen LogP contribution in [0, 0.1) is 5.92 Å². The number of aromatic nitrogens is 2. The monoisotopic (exact) mass is 266 g/mol. The zero-order valence-electron chi connectivity index (χ0n) is 12.4. The molecule has 0 bridgehead atoms. The van der Waals surface area contributed by atoms with E-state index in [-0.39, 0.29) is 0 Å². The van der Waals surface area contributed by atoms with Gasteiger partial charge in [0.2, 0.25) is 5.89 Å². The number of piperazine rings is 1. The average Bonchev–Trinajstić information content (AvgIpc) is 2.79. The molecule has 0 aromatic carbocycles. The molecular formula is C14H26N4O. The van der Waals surface area contributed by atoms with Crippen LogP contribution in [0.1, 0.15) is 38.9 Å². The molecule has 5 heteroatoms. The molecule has 19 heavy (non-hydrogen) atoms. The maximum atomic E-state index is 5.29. The molecule has 1 aromatic rings. The Morgan fingerprint density at radius 1 is 1.16 bits per heavy atom. The molecule has 1 aromatic heterocycles. The fraction of sp³-hybridized carbons (Fsp3) is 0.857. The first kappa shape index (κ1) is 14.5. The summed E-state index contributed by atoms with van der Waals surface area (Å²) in [5.74, 6) is 2.36. The SMILES string of the molecule is CCCc1noc(CN2CCN(CC(C)C)CC2)n1. The van der Waals surface area contributed by atoms with Gasteiger partial charge in [0, 0.05) is 39.1 Å². The first-order valence-corrected chi connectivity index (χ1v) is 7.43. The second-order valence-corrected chi connectivity index (χ2v) is 5.82. The van der Waals surface area contributed by atoms with Crippen molar-refractivity contribution < 1.29 is 4.52 Å². The standard InChI is InChI=1S/C14H26N4O/c1-4-5-13-15-14(19-16-13)11-18-8-6-17(7-9-18)10-12(2)3/h12H,4-11H2,1-3H3. The Morgan fingerprint density at radius 3 is 2.47 bits per heavy atom. The smallest absolute Gasteiger partial charge is 0.240 e. The lowest BCUT2D eigenvalue weighted by Gasteiger charge is -2.34. The summed E-state index contributed by atoms with van der Waals surface area (Å²) >= 11 is 0. The molecule has 5 nitrogen and oxygen atoms in total. The third-order valence-corrected chi connectivity index (χ3v) is 3.43. The largest absolute Gasteiger partial charge is 0.338 e. The maximum absolute atomic E-state index is 5.29. The van der Waals surface area contributed by atoms with Crippen molar-refractivity contribution in [3.8, 4) is 0 Å². The van der Waals surface area contributed by atoms with Crippen molar-refractivity contribution >= 4 is 0 Å². The molecule has 0 spiro atoms. The number of rotatable bonds is 6. The zero-order chi connectivity index (χ0) is 13.7. The molecule has 0 unspecified atom stereocenters. The van der Waals surface area contributed by atoms with Crippen LogP contribution in [0.3, 0.4) is 0 Å². The van der Waals surface area contributed by atoms with Crippen LogP contribution < -0.4 is 0 Å². The molecule has 0 atom stereocenters. The molecule has 1 aliphatic rings. The predicted octanol–water partition coefficient (Wildman–Crippen LogP) is 1.80. The summed E-state index contributed by atoms with van der Waals surface area (Å²) < 4.78 is 5.29. The van der Waals surface area contributed by atoms with E-state index in [9.17, 15) is 0 Å². The van der Waals surface area contributed by atoms with Crippen molar-refractivity contribution in [2.24, 2.45) is 5.92 Å². The fourth-order valence-corrected chi connectivity index (χ4v) is 2.52. The molecule has 0 saturated carbocycles. The van der Waals surface area contributed by atoms with Gasteiger partial charge < -0.3 is 9.42 Å². The average molecular weight is 266 g/mol.